The summed E-state index contributed by atoms with van der Waals surface area (Å²) in [5.41, 5.74) is 1.27. The van der Waals surface area contributed by atoms with Crippen LogP contribution >= 0.6 is 31.9 Å². The fourth-order valence-electron chi connectivity index (χ4n) is 3.01. The normalized spacial score (nSPS) is 22.8. The number of ether oxygens (including phenoxy) is 1. The molecule has 0 aromatic heterocycles. The van der Waals surface area contributed by atoms with Gasteiger partial charge in [0.05, 0.1) is 16.1 Å². The third-order valence-corrected chi connectivity index (χ3v) is 5.47. The molecule has 1 aromatic rings. The molecule has 1 fully saturated rings. The molecule has 0 radical (unpaired) electrons. The van der Waals surface area contributed by atoms with Gasteiger partial charge in [-0.1, -0.05) is 26.2 Å². The molecular formula is C16H23Br2NO. The summed E-state index contributed by atoms with van der Waals surface area (Å²) in [4.78, 5) is 0. The minimum atomic E-state index is 0.842. The van der Waals surface area contributed by atoms with E-state index in [2.05, 4.69) is 56.2 Å². The predicted molar refractivity (Wildman–Crippen MR) is 91.2 cm³/mol. The summed E-state index contributed by atoms with van der Waals surface area (Å²) < 4.78 is 7.33. The standard InChI is InChI=1S/C16H23Br2NO/c1-11-5-3-4-6-13(11)10-19-9-12-7-14(17)16(20-2)15(18)8-12/h7-8,11,13,19H,3-6,9-10H2,1-2H3. The van der Waals surface area contributed by atoms with Crippen molar-refractivity contribution in [2.75, 3.05) is 13.7 Å². The van der Waals surface area contributed by atoms with Crippen molar-refractivity contribution in [3.05, 3.63) is 26.6 Å². The fraction of sp³-hybridized carbons (Fsp3) is 0.625. The highest BCUT2D eigenvalue weighted by molar-refractivity contribution is 9.11. The van der Waals surface area contributed by atoms with Crippen LogP contribution in [-0.2, 0) is 6.54 Å². The Labute approximate surface area is 138 Å². The number of rotatable bonds is 5. The summed E-state index contributed by atoms with van der Waals surface area (Å²) in [6, 6.07) is 4.25. The first-order chi connectivity index (χ1) is 9.61. The van der Waals surface area contributed by atoms with Gasteiger partial charge in [-0.3, -0.25) is 0 Å². The van der Waals surface area contributed by atoms with Crippen molar-refractivity contribution in [2.24, 2.45) is 11.8 Å². The molecule has 1 aliphatic carbocycles. The highest BCUT2D eigenvalue weighted by Gasteiger charge is 2.20. The third-order valence-electron chi connectivity index (χ3n) is 4.29. The molecule has 1 saturated carbocycles. The molecule has 0 amide bonds. The van der Waals surface area contributed by atoms with Crippen LogP contribution in [0.25, 0.3) is 0 Å². The van der Waals surface area contributed by atoms with E-state index in [1.165, 1.54) is 31.2 Å². The van der Waals surface area contributed by atoms with Gasteiger partial charge in [0, 0.05) is 6.54 Å². The van der Waals surface area contributed by atoms with Gasteiger partial charge in [-0.2, -0.15) is 0 Å². The summed E-state index contributed by atoms with van der Waals surface area (Å²) in [5, 5.41) is 3.61. The molecule has 2 nitrogen and oxygen atoms in total. The second-order valence-corrected chi connectivity index (χ2v) is 7.45. The zero-order valence-corrected chi connectivity index (χ0v) is 15.4. The number of hydrogen-bond acceptors (Lipinski definition) is 2. The summed E-state index contributed by atoms with van der Waals surface area (Å²) in [6.07, 6.45) is 5.59. The Bertz CT molecular complexity index is 427. The molecule has 0 heterocycles. The van der Waals surface area contributed by atoms with Crippen LogP contribution in [0.3, 0.4) is 0 Å². The topological polar surface area (TPSA) is 21.3 Å². The van der Waals surface area contributed by atoms with Gasteiger partial charge in [0.2, 0.25) is 0 Å². The van der Waals surface area contributed by atoms with Gasteiger partial charge >= 0.3 is 0 Å². The molecule has 2 unspecified atom stereocenters. The highest BCUT2D eigenvalue weighted by Crippen LogP contribution is 2.34. The van der Waals surface area contributed by atoms with E-state index in [4.69, 9.17) is 4.74 Å². The molecule has 1 aliphatic rings. The number of halogens is 2. The van der Waals surface area contributed by atoms with Gasteiger partial charge < -0.3 is 10.1 Å². The Morgan fingerprint density at radius 1 is 1.20 bits per heavy atom. The smallest absolute Gasteiger partial charge is 0.147 e. The molecule has 0 spiro atoms. The molecule has 1 aromatic carbocycles. The first-order valence-corrected chi connectivity index (χ1v) is 8.93. The zero-order valence-electron chi connectivity index (χ0n) is 12.2. The summed E-state index contributed by atoms with van der Waals surface area (Å²) in [7, 11) is 1.69. The number of benzene rings is 1. The van der Waals surface area contributed by atoms with Crippen molar-refractivity contribution in [3.63, 3.8) is 0 Å². The average molecular weight is 405 g/mol. The van der Waals surface area contributed by atoms with Crippen LogP contribution in [0, 0.1) is 11.8 Å². The molecule has 1 N–H and O–H groups in total. The van der Waals surface area contributed by atoms with Crippen molar-refractivity contribution in [2.45, 2.75) is 39.2 Å². The lowest BCUT2D eigenvalue weighted by atomic mass is 9.80. The largest absolute Gasteiger partial charge is 0.494 e. The maximum absolute atomic E-state index is 5.33. The second kappa shape index (κ2) is 7.81. The Kier molecular flexibility index (Phi) is 6.37. The Balaban J connectivity index is 1.88. The van der Waals surface area contributed by atoms with Crippen LogP contribution in [0.4, 0.5) is 0 Å². The van der Waals surface area contributed by atoms with Gasteiger partial charge in [0.25, 0.3) is 0 Å². The van der Waals surface area contributed by atoms with Gasteiger partial charge in [0.1, 0.15) is 5.75 Å². The van der Waals surface area contributed by atoms with Crippen LogP contribution in [0.2, 0.25) is 0 Å². The van der Waals surface area contributed by atoms with Gasteiger partial charge in [-0.25, -0.2) is 0 Å². The highest BCUT2D eigenvalue weighted by atomic mass is 79.9. The Morgan fingerprint density at radius 2 is 1.85 bits per heavy atom. The Hall–Kier alpha value is -0.0600. The molecule has 0 aliphatic heterocycles. The monoisotopic (exact) mass is 403 g/mol. The van der Waals surface area contributed by atoms with Crippen molar-refractivity contribution in [3.8, 4) is 5.75 Å². The first-order valence-electron chi connectivity index (χ1n) is 7.34. The maximum atomic E-state index is 5.33. The molecule has 0 bridgehead atoms. The van der Waals surface area contributed by atoms with Crippen molar-refractivity contribution >= 4 is 31.9 Å². The number of methoxy groups -OCH3 is 1. The Morgan fingerprint density at radius 3 is 2.45 bits per heavy atom. The lowest BCUT2D eigenvalue weighted by Gasteiger charge is -2.29. The fourth-order valence-corrected chi connectivity index (χ4v) is 4.61. The van der Waals surface area contributed by atoms with Gasteiger partial charge in [-0.15, -0.1) is 0 Å². The summed E-state index contributed by atoms with van der Waals surface area (Å²) in [6.45, 7) is 4.43. The second-order valence-electron chi connectivity index (χ2n) is 5.75. The van der Waals surface area contributed by atoms with E-state index in [9.17, 15) is 0 Å². The molecule has 2 rings (SSSR count). The van der Waals surface area contributed by atoms with E-state index in [-0.39, 0.29) is 0 Å². The molecule has 112 valence electrons. The minimum Gasteiger partial charge on any atom is -0.494 e. The van der Waals surface area contributed by atoms with E-state index in [0.29, 0.717) is 0 Å². The first kappa shape index (κ1) is 16.3. The average Bonchev–Trinajstić information content (AvgIpc) is 2.41. The van der Waals surface area contributed by atoms with Crippen LogP contribution < -0.4 is 10.1 Å². The zero-order chi connectivity index (χ0) is 14.5. The molecule has 2 atom stereocenters. The molecule has 20 heavy (non-hydrogen) atoms. The van der Waals surface area contributed by atoms with Crippen molar-refractivity contribution in [1.82, 2.24) is 5.32 Å². The molecular weight excluding hydrogens is 382 g/mol. The number of hydrogen-bond donors (Lipinski definition) is 1. The van der Waals surface area contributed by atoms with Gasteiger partial charge in [-0.05, 0) is 74.4 Å². The predicted octanol–water partition coefficient (Wildman–Crippen LogP) is 5.14. The van der Waals surface area contributed by atoms with Crippen LogP contribution in [0.1, 0.15) is 38.2 Å². The van der Waals surface area contributed by atoms with E-state index in [1.807, 2.05) is 0 Å². The quantitative estimate of drug-likeness (QED) is 0.733. The summed E-state index contributed by atoms with van der Waals surface area (Å²) in [5.74, 6) is 2.56. The number of nitrogens with one attached hydrogen (secondary N) is 1. The molecule has 0 saturated heterocycles. The van der Waals surface area contributed by atoms with Crippen molar-refractivity contribution < 1.29 is 4.74 Å². The lowest BCUT2D eigenvalue weighted by molar-refractivity contribution is 0.247. The van der Waals surface area contributed by atoms with Gasteiger partial charge in [0.15, 0.2) is 0 Å². The van der Waals surface area contributed by atoms with Crippen LogP contribution in [-0.4, -0.2) is 13.7 Å². The molecule has 4 heteroatoms. The lowest BCUT2D eigenvalue weighted by Crippen LogP contribution is -2.29. The van der Waals surface area contributed by atoms with Crippen LogP contribution in [0.5, 0.6) is 5.75 Å². The third kappa shape index (κ3) is 4.22. The van der Waals surface area contributed by atoms with Crippen molar-refractivity contribution in [1.29, 1.82) is 0 Å². The van der Waals surface area contributed by atoms with E-state index < -0.39 is 0 Å². The summed E-state index contributed by atoms with van der Waals surface area (Å²) >= 11 is 7.11. The maximum Gasteiger partial charge on any atom is 0.147 e. The van der Waals surface area contributed by atoms with Crippen LogP contribution in [0.15, 0.2) is 21.1 Å². The van der Waals surface area contributed by atoms with E-state index in [0.717, 1.165) is 39.6 Å². The van der Waals surface area contributed by atoms with E-state index >= 15 is 0 Å². The minimum absolute atomic E-state index is 0.842. The van der Waals surface area contributed by atoms with E-state index in [1.54, 1.807) is 7.11 Å². The SMILES string of the molecule is COc1c(Br)cc(CNCC2CCCCC2C)cc1Br.